The zero-order valence-electron chi connectivity index (χ0n) is 16.1. The van der Waals surface area contributed by atoms with Gasteiger partial charge in [0.15, 0.2) is 6.61 Å². The molecule has 10 heteroatoms. The van der Waals surface area contributed by atoms with Crippen molar-refractivity contribution in [2.24, 2.45) is 0 Å². The average Bonchev–Trinajstić information content (AvgIpc) is 3.00. The highest BCUT2D eigenvalue weighted by Crippen LogP contribution is 2.20. The van der Waals surface area contributed by atoms with Crippen LogP contribution in [0.1, 0.15) is 35.6 Å². The predicted molar refractivity (Wildman–Crippen MR) is 99.8 cm³/mol. The summed E-state index contributed by atoms with van der Waals surface area (Å²) >= 11 is 0. The zero-order chi connectivity index (χ0) is 21.2. The number of rotatable bonds is 6. The van der Waals surface area contributed by atoms with Gasteiger partial charge in [0.25, 0.3) is 5.91 Å². The van der Waals surface area contributed by atoms with E-state index in [-0.39, 0.29) is 30.1 Å². The Kier molecular flexibility index (Phi) is 5.71. The quantitative estimate of drug-likeness (QED) is 0.678. The highest BCUT2D eigenvalue weighted by Gasteiger charge is 2.28. The van der Waals surface area contributed by atoms with Crippen LogP contribution in [0.15, 0.2) is 30.6 Å². The second-order valence-electron chi connectivity index (χ2n) is 6.91. The molecule has 7 nitrogen and oxygen atoms in total. The molecule has 0 fully saturated rings. The molecular formula is C19H20F3N5O2. The Morgan fingerprint density at radius 2 is 2.07 bits per heavy atom. The minimum atomic E-state index is -4.44. The first-order valence-electron chi connectivity index (χ1n) is 8.91. The molecule has 0 saturated carbocycles. The Morgan fingerprint density at radius 3 is 2.76 bits per heavy atom. The number of carbonyl (C=O) groups is 1. The third-order valence-corrected chi connectivity index (χ3v) is 3.83. The lowest BCUT2D eigenvalue weighted by molar-refractivity contribution is -0.154. The maximum Gasteiger partial charge on any atom is 0.422 e. The lowest BCUT2D eigenvalue weighted by Gasteiger charge is -2.10. The summed E-state index contributed by atoms with van der Waals surface area (Å²) in [4.78, 5) is 20.5. The number of hydrogen-bond acceptors (Lipinski definition) is 5. The number of nitrogens with zero attached hydrogens (tertiary/aromatic N) is 4. The second-order valence-corrected chi connectivity index (χ2v) is 6.91. The molecule has 0 radical (unpaired) electrons. The summed E-state index contributed by atoms with van der Waals surface area (Å²) in [5, 5.41) is 7.81. The Bertz CT molecular complexity index is 1030. The van der Waals surface area contributed by atoms with Crippen molar-refractivity contribution >= 4 is 16.8 Å². The van der Waals surface area contributed by atoms with Crippen LogP contribution in [0.25, 0.3) is 10.9 Å². The Balaban J connectivity index is 1.85. The van der Waals surface area contributed by atoms with Gasteiger partial charge in [0.2, 0.25) is 5.88 Å². The molecule has 1 N–H and O–H groups in total. The molecule has 154 valence electrons. The van der Waals surface area contributed by atoms with Crippen molar-refractivity contribution in [1.29, 1.82) is 0 Å². The van der Waals surface area contributed by atoms with Gasteiger partial charge in [-0.1, -0.05) is 0 Å². The first-order valence-corrected chi connectivity index (χ1v) is 8.91. The molecule has 3 aromatic rings. The minimum Gasteiger partial charge on any atom is -0.468 e. The van der Waals surface area contributed by atoms with Gasteiger partial charge < -0.3 is 10.1 Å². The van der Waals surface area contributed by atoms with Crippen LogP contribution in [-0.2, 0) is 6.54 Å². The fourth-order valence-electron chi connectivity index (χ4n) is 2.80. The molecule has 1 amide bonds. The molecule has 0 saturated heterocycles. The molecule has 0 aromatic carbocycles. The second kappa shape index (κ2) is 8.06. The van der Waals surface area contributed by atoms with Crippen molar-refractivity contribution in [2.75, 3.05) is 6.61 Å². The van der Waals surface area contributed by atoms with Gasteiger partial charge in [0.05, 0.1) is 17.4 Å². The van der Waals surface area contributed by atoms with Crippen molar-refractivity contribution in [3.8, 4) is 5.88 Å². The molecule has 0 unspecified atom stereocenters. The Labute approximate surface area is 164 Å². The Hall–Kier alpha value is -3.17. The van der Waals surface area contributed by atoms with Crippen molar-refractivity contribution in [2.45, 2.75) is 39.5 Å². The van der Waals surface area contributed by atoms with Crippen molar-refractivity contribution < 1.29 is 22.7 Å². The molecule has 0 atom stereocenters. The van der Waals surface area contributed by atoms with E-state index < -0.39 is 12.8 Å². The monoisotopic (exact) mass is 407 g/mol. The molecular weight excluding hydrogens is 387 g/mol. The number of pyridine rings is 2. The molecule has 3 rings (SSSR count). The number of hydrogen-bond donors (Lipinski definition) is 1. The molecule has 0 spiro atoms. The summed E-state index contributed by atoms with van der Waals surface area (Å²) in [7, 11) is 0. The molecule has 3 aromatic heterocycles. The molecule has 29 heavy (non-hydrogen) atoms. The van der Waals surface area contributed by atoms with E-state index in [9.17, 15) is 18.0 Å². The largest absolute Gasteiger partial charge is 0.468 e. The highest BCUT2D eigenvalue weighted by atomic mass is 19.4. The summed E-state index contributed by atoms with van der Waals surface area (Å²) in [6.07, 6.45) is -1.25. The van der Waals surface area contributed by atoms with Gasteiger partial charge >= 0.3 is 6.18 Å². The lowest BCUT2D eigenvalue weighted by atomic mass is 10.2. The topological polar surface area (TPSA) is 81.9 Å². The smallest absolute Gasteiger partial charge is 0.422 e. The summed E-state index contributed by atoms with van der Waals surface area (Å²) in [6, 6.07) is 4.82. The average molecular weight is 407 g/mol. The number of nitrogens with one attached hydrogen (secondary N) is 1. The van der Waals surface area contributed by atoms with Crippen LogP contribution in [0.5, 0.6) is 5.88 Å². The van der Waals surface area contributed by atoms with Gasteiger partial charge in [-0.2, -0.15) is 18.3 Å². The van der Waals surface area contributed by atoms with E-state index in [1.165, 1.54) is 12.3 Å². The summed E-state index contributed by atoms with van der Waals surface area (Å²) in [5.41, 5.74) is 2.05. The van der Waals surface area contributed by atoms with Crippen LogP contribution >= 0.6 is 0 Å². The van der Waals surface area contributed by atoms with E-state index in [0.717, 1.165) is 0 Å². The maximum absolute atomic E-state index is 12.4. The van der Waals surface area contributed by atoms with E-state index in [1.54, 1.807) is 29.9 Å². The SMILES string of the molecule is Cc1cc(Cn2cc3c(C(=O)NC(C)C)nccc3n2)cc(OCC(F)(F)F)n1. The first-order chi connectivity index (χ1) is 13.6. The number of halogens is 3. The fraction of sp³-hybridized carbons (Fsp3) is 0.368. The highest BCUT2D eigenvalue weighted by molar-refractivity contribution is 6.04. The van der Waals surface area contributed by atoms with Crippen LogP contribution in [0.2, 0.25) is 0 Å². The number of aryl methyl sites for hydroxylation is 1. The van der Waals surface area contributed by atoms with Crippen molar-refractivity contribution in [3.05, 3.63) is 47.5 Å². The van der Waals surface area contributed by atoms with E-state index >= 15 is 0 Å². The molecule has 0 aliphatic carbocycles. The first kappa shape index (κ1) is 20.6. The van der Waals surface area contributed by atoms with Gasteiger partial charge in [-0.15, -0.1) is 0 Å². The third kappa shape index (κ3) is 5.43. The van der Waals surface area contributed by atoms with Gasteiger partial charge in [-0.05, 0) is 38.5 Å². The van der Waals surface area contributed by atoms with Gasteiger partial charge in [0, 0.05) is 30.2 Å². The van der Waals surface area contributed by atoms with E-state index in [2.05, 4.69) is 20.4 Å². The summed E-state index contributed by atoms with van der Waals surface area (Å²) in [5.74, 6) is -0.402. The normalized spacial score (nSPS) is 11.8. The van der Waals surface area contributed by atoms with Crippen molar-refractivity contribution in [3.63, 3.8) is 0 Å². The van der Waals surface area contributed by atoms with Crippen LogP contribution in [0.4, 0.5) is 13.2 Å². The van der Waals surface area contributed by atoms with E-state index in [1.807, 2.05) is 13.8 Å². The minimum absolute atomic E-state index is 0.0375. The molecule has 0 bridgehead atoms. The van der Waals surface area contributed by atoms with Crippen molar-refractivity contribution in [1.82, 2.24) is 25.1 Å². The lowest BCUT2D eigenvalue weighted by Crippen LogP contribution is -2.30. The maximum atomic E-state index is 12.4. The van der Waals surface area contributed by atoms with E-state index in [4.69, 9.17) is 4.74 Å². The standard InChI is InChI=1S/C19H20F3N5O2/c1-11(2)24-18(28)17-14-9-27(26-15(14)4-5-23-17)8-13-6-12(3)25-16(7-13)29-10-19(20,21)22/h4-7,9,11H,8,10H2,1-3H3,(H,24,28). The Morgan fingerprint density at radius 1 is 1.31 bits per heavy atom. The van der Waals surface area contributed by atoms with Crippen LogP contribution < -0.4 is 10.1 Å². The molecule has 0 aliphatic rings. The number of aromatic nitrogens is 4. The zero-order valence-corrected chi connectivity index (χ0v) is 16.1. The molecule has 0 aliphatic heterocycles. The third-order valence-electron chi connectivity index (χ3n) is 3.83. The van der Waals surface area contributed by atoms with Crippen LogP contribution in [0.3, 0.4) is 0 Å². The predicted octanol–water partition coefficient (Wildman–Crippen LogP) is 3.26. The summed E-state index contributed by atoms with van der Waals surface area (Å²) in [6.45, 7) is 4.24. The van der Waals surface area contributed by atoms with Crippen LogP contribution in [0, 0.1) is 6.92 Å². The summed E-state index contributed by atoms with van der Waals surface area (Å²) < 4.78 is 43.5. The van der Waals surface area contributed by atoms with Gasteiger partial charge in [0.1, 0.15) is 5.69 Å². The number of carbonyl (C=O) groups excluding carboxylic acids is 1. The van der Waals surface area contributed by atoms with Gasteiger partial charge in [-0.25, -0.2) is 4.98 Å². The van der Waals surface area contributed by atoms with E-state index in [0.29, 0.717) is 22.2 Å². The number of fused-ring (bicyclic) bond motifs is 1. The number of ether oxygens (including phenoxy) is 1. The molecule has 3 heterocycles. The number of amides is 1. The number of alkyl halides is 3. The van der Waals surface area contributed by atoms with Gasteiger partial charge in [-0.3, -0.25) is 14.5 Å². The van der Waals surface area contributed by atoms with Crippen LogP contribution in [-0.4, -0.2) is 44.5 Å². The fourth-order valence-corrected chi connectivity index (χ4v) is 2.80.